The number of nitrogens with one attached hydrogen (secondary N) is 1. The fraction of sp³-hybridized carbons (Fsp3) is 0.500. The van der Waals surface area contributed by atoms with Gasteiger partial charge in [-0.05, 0) is 44.2 Å². The number of hydrogen-bond acceptors (Lipinski definition) is 9. The lowest BCUT2D eigenvalue weighted by molar-refractivity contribution is -0.0242. The highest BCUT2D eigenvalue weighted by Gasteiger charge is 2.43. The standard InChI is InChI=1S/C22H26N4O4S/c1-11-17(21-25-14-4-2-3-5-16(14)31-21)20(26-22(24-11)23-9-12-6-7-12)30-15-8-13(10-27)18(28)19(15)29/h2-5,12-13,15,18-19,27-29H,6-10H2,1H3,(H,23,24,26). The van der Waals surface area contributed by atoms with Crippen molar-refractivity contribution in [2.24, 2.45) is 11.8 Å². The minimum absolute atomic E-state index is 0.209. The lowest BCUT2D eigenvalue weighted by atomic mass is 10.1. The molecule has 3 aromatic rings. The number of fused-ring (bicyclic) bond motifs is 1. The monoisotopic (exact) mass is 442 g/mol. The van der Waals surface area contributed by atoms with Crippen LogP contribution in [0.4, 0.5) is 5.95 Å². The van der Waals surface area contributed by atoms with Gasteiger partial charge in [0.15, 0.2) is 0 Å². The summed E-state index contributed by atoms with van der Waals surface area (Å²) in [6, 6.07) is 7.90. The molecule has 1 aromatic carbocycles. The third kappa shape index (κ3) is 4.10. The summed E-state index contributed by atoms with van der Waals surface area (Å²) in [7, 11) is 0. The molecule has 0 aliphatic heterocycles. The highest BCUT2D eigenvalue weighted by atomic mass is 32.1. The molecule has 31 heavy (non-hydrogen) atoms. The Bertz CT molecular complexity index is 1050. The number of para-hydroxylation sites is 1. The molecule has 2 aromatic heterocycles. The quantitative estimate of drug-likeness (QED) is 0.440. The first kappa shape index (κ1) is 20.6. The number of rotatable bonds is 7. The second-order valence-electron chi connectivity index (χ2n) is 8.44. The molecule has 0 saturated heterocycles. The van der Waals surface area contributed by atoms with Gasteiger partial charge in [0, 0.05) is 19.1 Å². The Labute approximate surface area is 184 Å². The Morgan fingerprint density at radius 2 is 1.94 bits per heavy atom. The van der Waals surface area contributed by atoms with Gasteiger partial charge in [0.1, 0.15) is 17.2 Å². The Balaban J connectivity index is 1.52. The number of aliphatic hydroxyl groups excluding tert-OH is 3. The smallest absolute Gasteiger partial charge is 0.229 e. The van der Waals surface area contributed by atoms with Gasteiger partial charge >= 0.3 is 0 Å². The zero-order chi connectivity index (χ0) is 21.5. The molecule has 0 spiro atoms. The summed E-state index contributed by atoms with van der Waals surface area (Å²) < 4.78 is 7.22. The molecule has 2 aliphatic carbocycles. The van der Waals surface area contributed by atoms with Crippen LogP contribution >= 0.6 is 11.3 Å². The van der Waals surface area contributed by atoms with E-state index >= 15 is 0 Å². The van der Waals surface area contributed by atoms with Gasteiger partial charge in [0.25, 0.3) is 0 Å². The third-order valence-electron chi connectivity index (χ3n) is 6.06. The predicted octanol–water partition coefficient (Wildman–Crippen LogP) is 2.37. The van der Waals surface area contributed by atoms with Gasteiger partial charge in [-0.2, -0.15) is 4.98 Å². The summed E-state index contributed by atoms with van der Waals surface area (Å²) in [5.41, 5.74) is 2.31. The summed E-state index contributed by atoms with van der Waals surface area (Å²) in [5.74, 6) is 1.05. The van der Waals surface area contributed by atoms with Crippen molar-refractivity contribution in [1.82, 2.24) is 15.0 Å². The average Bonchev–Trinajstić information content (AvgIpc) is 3.44. The van der Waals surface area contributed by atoms with E-state index in [-0.39, 0.29) is 6.61 Å². The van der Waals surface area contributed by atoms with E-state index in [1.54, 1.807) is 0 Å². The molecule has 2 fully saturated rings. The van der Waals surface area contributed by atoms with Crippen LogP contribution in [0.5, 0.6) is 5.88 Å². The van der Waals surface area contributed by atoms with Crippen LogP contribution in [0.1, 0.15) is 25.0 Å². The molecule has 4 atom stereocenters. The predicted molar refractivity (Wildman–Crippen MR) is 118 cm³/mol. The minimum atomic E-state index is -1.10. The van der Waals surface area contributed by atoms with Crippen LogP contribution in [0.2, 0.25) is 0 Å². The van der Waals surface area contributed by atoms with Crippen LogP contribution in [0.3, 0.4) is 0 Å². The number of anilines is 1. The van der Waals surface area contributed by atoms with Crippen molar-refractivity contribution in [3.05, 3.63) is 30.0 Å². The van der Waals surface area contributed by atoms with E-state index < -0.39 is 24.2 Å². The van der Waals surface area contributed by atoms with Crippen LogP contribution in [-0.4, -0.2) is 61.7 Å². The molecular weight excluding hydrogens is 416 g/mol. The largest absolute Gasteiger partial charge is 0.471 e. The Hall–Kier alpha value is -2.33. The second kappa shape index (κ2) is 8.31. The van der Waals surface area contributed by atoms with E-state index in [1.165, 1.54) is 24.2 Å². The summed E-state index contributed by atoms with van der Waals surface area (Å²) in [6.07, 6.45) is -0.0334. The van der Waals surface area contributed by atoms with Gasteiger partial charge < -0.3 is 25.4 Å². The van der Waals surface area contributed by atoms with Crippen molar-refractivity contribution >= 4 is 27.5 Å². The fourth-order valence-corrected chi connectivity index (χ4v) is 5.07. The number of thiazole rings is 1. The number of ether oxygens (including phenoxy) is 1. The summed E-state index contributed by atoms with van der Waals surface area (Å²) in [6.45, 7) is 2.51. The molecule has 4 unspecified atom stereocenters. The second-order valence-corrected chi connectivity index (χ2v) is 9.47. The van der Waals surface area contributed by atoms with Gasteiger partial charge in [-0.25, -0.2) is 9.97 Å². The Kier molecular flexibility index (Phi) is 5.51. The van der Waals surface area contributed by atoms with Crippen LogP contribution in [-0.2, 0) is 0 Å². The normalized spacial score (nSPS) is 25.8. The highest BCUT2D eigenvalue weighted by Crippen LogP contribution is 2.39. The Morgan fingerprint density at radius 1 is 1.13 bits per heavy atom. The van der Waals surface area contributed by atoms with Crippen LogP contribution < -0.4 is 10.1 Å². The van der Waals surface area contributed by atoms with E-state index in [1.807, 2.05) is 31.2 Å². The molecule has 8 nitrogen and oxygen atoms in total. The molecule has 2 saturated carbocycles. The summed E-state index contributed by atoms with van der Waals surface area (Å²) in [5, 5.41) is 34.2. The molecule has 164 valence electrons. The van der Waals surface area contributed by atoms with Gasteiger partial charge in [0.2, 0.25) is 11.8 Å². The van der Waals surface area contributed by atoms with Crippen LogP contribution in [0.15, 0.2) is 24.3 Å². The van der Waals surface area contributed by atoms with E-state index in [4.69, 9.17) is 9.72 Å². The van der Waals surface area contributed by atoms with Crippen LogP contribution in [0, 0.1) is 18.8 Å². The number of aryl methyl sites for hydroxylation is 1. The lowest BCUT2D eigenvalue weighted by Gasteiger charge is -2.20. The fourth-order valence-electron chi connectivity index (χ4n) is 4.01. The summed E-state index contributed by atoms with van der Waals surface area (Å²) >= 11 is 1.53. The maximum Gasteiger partial charge on any atom is 0.229 e. The van der Waals surface area contributed by atoms with Crippen molar-refractivity contribution in [2.45, 2.75) is 44.5 Å². The molecule has 5 rings (SSSR count). The van der Waals surface area contributed by atoms with Crippen molar-refractivity contribution in [3.8, 4) is 16.5 Å². The van der Waals surface area contributed by atoms with E-state index in [0.717, 1.165) is 27.5 Å². The van der Waals surface area contributed by atoms with Crippen molar-refractivity contribution in [1.29, 1.82) is 0 Å². The zero-order valence-electron chi connectivity index (χ0n) is 17.2. The van der Waals surface area contributed by atoms with Gasteiger partial charge in [-0.1, -0.05) is 12.1 Å². The first-order valence-corrected chi connectivity index (χ1v) is 11.5. The maximum absolute atomic E-state index is 10.5. The van der Waals surface area contributed by atoms with E-state index in [2.05, 4.69) is 15.3 Å². The number of aliphatic hydroxyl groups is 3. The molecule has 0 bridgehead atoms. The number of nitrogens with zero attached hydrogens (tertiary/aromatic N) is 3. The third-order valence-corrected chi connectivity index (χ3v) is 7.11. The van der Waals surface area contributed by atoms with Crippen LogP contribution in [0.25, 0.3) is 20.8 Å². The van der Waals surface area contributed by atoms with Gasteiger partial charge in [-0.3, -0.25) is 0 Å². The molecule has 4 N–H and O–H groups in total. The highest BCUT2D eigenvalue weighted by molar-refractivity contribution is 7.21. The Morgan fingerprint density at radius 3 is 2.65 bits per heavy atom. The topological polar surface area (TPSA) is 121 Å². The number of benzene rings is 1. The SMILES string of the molecule is Cc1nc(NCC2CC2)nc(OC2CC(CO)C(O)C2O)c1-c1nc2ccccc2s1. The molecule has 9 heteroatoms. The molecule has 0 radical (unpaired) electrons. The molecular formula is C22H26N4O4S. The van der Waals surface area contributed by atoms with E-state index in [0.29, 0.717) is 29.7 Å². The molecule has 2 aliphatic rings. The minimum Gasteiger partial charge on any atom is -0.471 e. The van der Waals surface area contributed by atoms with Crippen molar-refractivity contribution in [2.75, 3.05) is 18.5 Å². The average molecular weight is 443 g/mol. The van der Waals surface area contributed by atoms with E-state index in [9.17, 15) is 15.3 Å². The first-order chi connectivity index (χ1) is 15.0. The van der Waals surface area contributed by atoms with Crippen molar-refractivity contribution < 1.29 is 20.1 Å². The summed E-state index contributed by atoms with van der Waals surface area (Å²) in [4.78, 5) is 14.0. The zero-order valence-corrected chi connectivity index (χ0v) is 18.0. The lowest BCUT2D eigenvalue weighted by Crippen LogP contribution is -2.34. The molecule has 2 heterocycles. The number of aromatic nitrogens is 3. The first-order valence-electron chi connectivity index (χ1n) is 10.7. The molecule has 0 amide bonds. The van der Waals surface area contributed by atoms with Crippen molar-refractivity contribution in [3.63, 3.8) is 0 Å². The maximum atomic E-state index is 10.5. The van der Waals surface area contributed by atoms with Gasteiger partial charge in [0.05, 0.1) is 27.6 Å². The number of hydrogen-bond donors (Lipinski definition) is 4. The van der Waals surface area contributed by atoms with Gasteiger partial charge in [-0.15, -0.1) is 11.3 Å².